The highest BCUT2D eigenvalue weighted by atomic mass is 16.5. The van der Waals surface area contributed by atoms with Crippen LogP contribution in [0.15, 0.2) is 74.0 Å². The van der Waals surface area contributed by atoms with Gasteiger partial charge in [-0.2, -0.15) is 10.2 Å². The maximum absolute atomic E-state index is 10.6. The number of aromatic nitrogens is 11. The summed E-state index contributed by atoms with van der Waals surface area (Å²) >= 11 is 0. The van der Waals surface area contributed by atoms with E-state index in [4.69, 9.17) is 18.1 Å². The van der Waals surface area contributed by atoms with E-state index in [-0.39, 0.29) is 60.8 Å². The number of carbonyl (C=O) groups is 1. The number of H-pyrrole nitrogens is 2. The number of hydrogen-bond donors (Lipinski definition) is 2. The number of cyclic esters (lactones) is 1. The maximum Gasteiger partial charge on any atom is 0.331 e. The Bertz CT molecular complexity index is 3240. The van der Waals surface area contributed by atoms with Crippen LogP contribution >= 0.6 is 0 Å². The molecule has 0 aliphatic carbocycles. The fourth-order valence-electron chi connectivity index (χ4n) is 8.58. The lowest BCUT2D eigenvalue weighted by molar-refractivity contribution is -0.503. The van der Waals surface area contributed by atoms with E-state index in [1.165, 1.54) is 34.3 Å². The number of aryl methyl sites for hydroxylation is 9. The molecule has 0 bridgehead atoms. The van der Waals surface area contributed by atoms with Crippen LogP contribution in [0.1, 0.15) is 280 Å². The molecule has 0 radical (unpaired) electrons. The number of carbonyl (C=O) groups excluding carboxylic acids is 1. The summed E-state index contributed by atoms with van der Waals surface area (Å²) in [5.41, 5.74) is 14.3. The van der Waals surface area contributed by atoms with Crippen molar-refractivity contribution in [2.75, 3.05) is 7.05 Å². The van der Waals surface area contributed by atoms with E-state index in [2.05, 4.69) is 254 Å². The fraction of sp³-hybridized carbons (Fsp3) is 0.653. The molecule has 7 aromatic heterocycles. The van der Waals surface area contributed by atoms with Gasteiger partial charge in [-0.3, -0.25) is 9.78 Å². The molecule has 522 valence electrons. The molecule has 0 saturated carbocycles. The molecule has 2 aliphatic rings. The Labute approximate surface area is 562 Å². The Balaban J connectivity index is 0.000000523. The number of oxazole rings is 2. The minimum atomic E-state index is -0.222. The number of rotatable bonds is 0. The van der Waals surface area contributed by atoms with Crippen molar-refractivity contribution in [3.05, 3.63) is 136 Å². The molecule has 0 spiro atoms. The van der Waals surface area contributed by atoms with E-state index in [9.17, 15) is 4.79 Å². The standard InChI is InChI=1S/2C9H16N2.C9H17N2.2C8H14N2.3C8H13NO.C8H12O2/c1-7-10-8(6-11(7)5)9(2,3)4;1-7-8(9(2,3)4)6-11(5)10-7;1-7-6-8(9(2,3)4)11(5)10-7;1-6-9-5-7(10-6)8(2,3)4;1-6-5-7(10-9-6)8(2,3)4;1-6-9-7(5-10-6)8(2,3)4;1-6-9-5-7(10-6)8(2,3)4;1-6-7(5-10-9-6)8(2,3)4;1-8(2,3)6-4-5-7(9)10-6/h2*6H,1-5H3;6H2,1-5H3;2*5H,1-4H3,(H,9,10);3*5H,1-4H3;4-6H,1-3H3/q;;+1;;;;;;. The average molecular weight is 1290 g/mol. The predicted molar refractivity (Wildman–Crippen MR) is 384 cm³/mol. The van der Waals surface area contributed by atoms with Crippen LogP contribution in [0, 0.1) is 59.3 Å². The molecule has 7 aromatic rings. The summed E-state index contributed by atoms with van der Waals surface area (Å²) in [5, 5.41) is 19.5. The molecule has 0 amide bonds. The molecule has 9 rings (SSSR count). The molecule has 2 N–H and O–H groups in total. The second-order valence-corrected chi connectivity index (χ2v) is 33.8. The van der Waals surface area contributed by atoms with Crippen molar-refractivity contribution in [1.82, 2.24) is 54.6 Å². The summed E-state index contributed by atoms with van der Waals surface area (Å²) in [6.45, 7) is 73.8. The van der Waals surface area contributed by atoms with Crippen molar-refractivity contribution < 1.29 is 27.6 Å². The molecule has 9 heterocycles. The van der Waals surface area contributed by atoms with Crippen LogP contribution < -0.4 is 0 Å². The summed E-state index contributed by atoms with van der Waals surface area (Å²) in [4.78, 5) is 30.6. The highest BCUT2D eigenvalue weighted by Crippen LogP contribution is 2.29. The van der Waals surface area contributed by atoms with Crippen molar-refractivity contribution in [3.8, 4) is 0 Å². The smallest absolute Gasteiger partial charge is 0.331 e. The van der Waals surface area contributed by atoms with E-state index in [0.29, 0.717) is 0 Å². The number of nitrogens with one attached hydrogen (secondary N) is 2. The third-order valence-electron chi connectivity index (χ3n) is 14.5. The molecule has 1 atom stereocenters. The van der Waals surface area contributed by atoms with E-state index < -0.39 is 0 Å². The van der Waals surface area contributed by atoms with E-state index in [1.54, 1.807) is 18.7 Å². The molecule has 0 saturated heterocycles. The lowest BCUT2D eigenvalue weighted by Gasteiger charge is -2.23. The zero-order valence-corrected chi connectivity index (χ0v) is 65.4. The van der Waals surface area contributed by atoms with Crippen molar-refractivity contribution >= 4 is 17.4 Å². The van der Waals surface area contributed by atoms with Crippen LogP contribution in [-0.2, 0) is 61.5 Å². The lowest BCUT2D eigenvalue weighted by atomic mass is 9.87. The zero-order chi connectivity index (χ0) is 72.6. The van der Waals surface area contributed by atoms with Gasteiger partial charge in [0.15, 0.2) is 24.5 Å². The number of imidazole rings is 2. The Morgan fingerprint density at radius 1 is 0.581 bits per heavy atom. The molecule has 1 unspecified atom stereocenters. The van der Waals surface area contributed by atoms with E-state index in [0.717, 1.165) is 69.8 Å². The van der Waals surface area contributed by atoms with Crippen LogP contribution in [0.25, 0.3) is 0 Å². The summed E-state index contributed by atoms with van der Waals surface area (Å²) < 4.78 is 26.2. The van der Waals surface area contributed by atoms with Gasteiger partial charge in [-0.15, -0.1) is 0 Å². The van der Waals surface area contributed by atoms with Crippen LogP contribution in [-0.4, -0.2) is 89.9 Å². The van der Waals surface area contributed by atoms with Gasteiger partial charge in [-0.1, -0.05) is 197 Å². The van der Waals surface area contributed by atoms with Crippen LogP contribution in [0.5, 0.6) is 0 Å². The lowest BCUT2D eigenvalue weighted by Crippen LogP contribution is -2.25. The van der Waals surface area contributed by atoms with Gasteiger partial charge in [0.25, 0.3) is 0 Å². The second kappa shape index (κ2) is 33.4. The molecule has 2 aliphatic heterocycles. The average Bonchev–Trinajstić information content (AvgIpc) is 1.79. The zero-order valence-electron chi connectivity index (χ0n) is 65.4. The maximum atomic E-state index is 10.6. The third kappa shape index (κ3) is 30.8. The number of hydrazone groups is 1. The molecule has 18 nitrogen and oxygen atoms in total. The van der Waals surface area contributed by atoms with Crippen LogP contribution in [0.2, 0.25) is 0 Å². The Hall–Kier alpha value is -6.98. The quantitative estimate of drug-likeness (QED) is 0.107. The van der Waals surface area contributed by atoms with Gasteiger partial charge >= 0.3 is 5.97 Å². The largest absolute Gasteiger partial charge is 0.454 e. The topological polar surface area (TPSA) is 213 Å². The highest BCUT2D eigenvalue weighted by Gasteiger charge is 2.33. The minimum absolute atomic E-state index is 0.0304. The van der Waals surface area contributed by atoms with Crippen LogP contribution in [0.3, 0.4) is 0 Å². The summed E-state index contributed by atoms with van der Waals surface area (Å²) in [6, 6.07) is 2.08. The van der Waals surface area contributed by atoms with Gasteiger partial charge in [0, 0.05) is 107 Å². The highest BCUT2D eigenvalue weighted by molar-refractivity contribution is 6.05. The molecule has 93 heavy (non-hydrogen) atoms. The van der Waals surface area contributed by atoms with Gasteiger partial charge in [-0.25, -0.2) is 24.7 Å². The van der Waals surface area contributed by atoms with Crippen molar-refractivity contribution in [2.45, 2.75) is 293 Å². The Morgan fingerprint density at radius 3 is 1.32 bits per heavy atom. The van der Waals surface area contributed by atoms with Gasteiger partial charge < -0.3 is 27.6 Å². The molecular weight excluding hydrogens is 1160 g/mol. The van der Waals surface area contributed by atoms with Gasteiger partial charge in [0.2, 0.25) is 0 Å². The first-order valence-corrected chi connectivity index (χ1v) is 32.6. The third-order valence-corrected chi connectivity index (χ3v) is 14.5. The molecule has 0 aromatic carbocycles. The normalized spacial score (nSPS) is 14.3. The van der Waals surface area contributed by atoms with Crippen molar-refractivity contribution in [2.24, 2.45) is 30.0 Å². The fourth-order valence-corrected chi connectivity index (χ4v) is 8.58. The second-order valence-electron chi connectivity index (χ2n) is 33.8. The Morgan fingerprint density at radius 2 is 1.13 bits per heavy atom. The van der Waals surface area contributed by atoms with Crippen molar-refractivity contribution in [3.63, 3.8) is 0 Å². The number of nitrogens with zero attached hydrogens (tertiary/aromatic N) is 11. The van der Waals surface area contributed by atoms with Gasteiger partial charge in [-0.05, 0) is 75.2 Å². The minimum Gasteiger partial charge on any atom is -0.454 e. The van der Waals surface area contributed by atoms with Crippen LogP contribution in [0.4, 0.5) is 0 Å². The predicted octanol–water partition coefficient (Wildman–Crippen LogP) is 18.3. The number of esters is 1. The number of ether oxygens (including phenoxy) is 1. The Kier molecular flexibility index (Phi) is 30.2. The first-order valence-electron chi connectivity index (χ1n) is 32.6. The SMILES string of the molecule is CC(C)(C)C1C=CC(=O)O1.CC1=N[N+](C)=C(C(C)(C)C)C1.Cc1cc(C(C)(C)C)n[nH]1.Cc1nc(C(C)(C)C)cn1C.Cc1nc(C(C)(C)C)co1.Cc1ncc(C(C)(C)C)[nH]1.Cc1ncc(C(C)(C)C)o1.Cc1nn(C)cc1C(C)(C)C.Cc1nocc1C(C)(C)C. The number of aromatic amines is 2. The van der Waals surface area contributed by atoms with Crippen molar-refractivity contribution in [1.29, 1.82) is 0 Å². The first kappa shape index (κ1) is 84.0. The summed E-state index contributed by atoms with van der Waals surface area (Å²) in [7, 11) is 6.01. The summed E-state index contributed by atoms with van der Waals surface area (Å²) in [6.07, 6.45) is 15.6. The van der Waals surface area contributed by atoms with E-state index >= 15 is 0 Å². The number of hydrogen-bond acceptors (Lipinski definition) is 13. The van der Waals surface area contributed by atoms with E-state index in [1.807, 2.05) is 105 Å². The molecule has 0 fully saturated rings. The molecule has 18 heteroatoms. The van der Waals surface area contributed by atoms with Gasteiger partial charge in [0.05, 0.1) is 46.8 Å². The monoisotopic (exact) mass is 1290 g/mol. The first-order chi connectivity index (χ1) is 41.7. The van der Waals surface area contributed by atoms with Gasteiger partial charge in [0.1, 0.15) is 36.0 Å². The molecular formula is C75H128N13O5+. The summed E-state index contributed by atoms with van der Waals surface area (Å²) in [5.74, 6) is 4.28.